The van der Waals surface area contributed by atoms with Crippen LogP contribution in [0, 0.1) is 0 Å². The summed E-state index contributed by atoms with van der Waals surface area (Å²) in [6.07, 6.45) is 0. The molecular weight excluding hydrogens is 697 g/mol. The average Bonchev–Trinajstić information content (AvgIpc) is 3.87. The van der Waals surface area contributed by atoms with Crippen LogP contribution >= 0.6 is 0 Å². The zero-order valence-corrected chi connectivity index (χ0v) is 30.8. The Balaban J connectivity index is 1.00. The van der Waals surface area contributed by atoms with E-state index in [0.29, 0.717) is 5.89 Å². The van der Waals surface area contributed by atoms with Crippen LogP contribution in [0.1, 0.15) is 0 Å². The molecule has 0 aliphatic rings. The van der Waals surface area contributed by atoms with Gasteiger partial charge in [0.25, 0.3) is 0 Å². The third-order valence-electron chi connectivity index (χ3n) is 10.9. The molecule has 4 nitrogen and oxygen atoms in total. The van der Waals surface area contributed by atoms with E-state index in [0.717, 1.165) is 72.4 Å². The number of benzene rings is 9. The SMILES string of the molecule is c1ccc(-c2ccc(N(c3ccc(-c4cccc5oc6cc7nc(-c8ccccc8)oc7cc6c45)cc3)c3cccc(-c4ccc5ccccc5c4)c3)cc2)cc1. The molecule has 11 aromatic rings. The van der Waals surface area contributed by atoms with Crippen molar-refractivity contribution in [3.63, 3.8) is 0 Å². The molecule has 0 saturated heterocycles. The summed E-state index contributed by atoms with van der Waals surface area (Å²) < 4.78 is 12.7. The van der Waals surface area contributed by atoms with Crippen LogP contribution in [-0.2, 0) is 0 Å². The van der Waals surface area contributed by atoms with E-state index >= 15 is 0 Å². The molecule has 0 bridgehead atoms. The Labute approximate surface area is 329 Å². The number of furan rings is 1. The molecule has 268 valence electrons. The lowest BCUT2D eigenvalue weighted by Crippen LogP contribution is -2.10. The molecule has 0 atom stereocenters. The van der Waals surface area contributed by atoms with Crippen molar-refractivity contribution in [2.75, 3.05) is 4.90 Å². The average molecular weight is 731 g/mol. The monoisotopic (exact) mass is 730 g/mol. The van der Waals surface area contributed by atoms with Gasteiger partial charge in [-0.1, -0.05) is 133 Å². The maximum Gasteiger partial charge on any atom is 0.227 e. The maximum atomic E-state index is 6.44. The quantitative estimate of drug-likeness (QED) is 0.164. The minimum atomic E-state index is 0.598. The number of nitrogens with zero attached hydrogens (tertiary/aromatic N) is 2. The molecule has 0 aliphatic heterocycles. The molecule has 9 aromatic carbocycles. The molecule has 2 heterocycles. The lowest BCUT2D eigenvalue weighted by molar-refractivity contribution is 0.620. The van der Waals surface area contributed by atoms with Gasteiger partial charge in [0.15, 0.2) is 5.58 Å². The Morgan fingerprint density at radius 2 is 0.965 bits per heavy atom. The van der Waals surface area contributed by atoms with Gasteiger partial charge in [-0.15, -0.1) is 0 Å². The second-order valence-corrected chi connectivity index (χ2v) is 14.4. The van der Waals surface area contributed by atoms with Gasteiger partial charge in [0.05, 0.1) is 0 Å². The first-order valence-corrected chi connectivity index (χ1v) is 19.2. The fraction of sp³-hybridized carbons (Fsp3) is 0. The molecule has 0 radical (unpaired) electrons. The van der Waals surface area contributed by atoms with Crippen molar-refractivity contribution in [3.05, 3.63) is 206 Å². The van der Waals surface area contributed by atoms with Crippen molar-refractivity contribution in [1.29, 1.82) is 0 Å². The van der Waals surface area contributed by atoms with Crippen LogP contribution in [0.5, 0.6) is 0 Å². The van der Waals surface area contributed by atoms with Crippen molar-refractivity contribution in [1.82, 2.24) is 4.98 Å². The van der Waals surface area contributed by atoms with Crippen molar-refractivity contribution < 1.29 is 8.83 Å². The molecular formula is C53H34N2O2. The molecule has 0 amide bonds. The van der Waals surface area contributed by atoms with Crippen molar-refractivity contribution >= 4 is 60.9 Å². The summed E-state index contributed by atoms with van der Waals surface area (Å²) in [5.74, 6) is 0.598. The lowest BCUT2D eigenvalue weighted by Gasteiger charge is -2.26. The summed E-state index contributed by atoms with van der Waals surface area (Å²) in [4.78, 5) is 7.12. The normalized spacial score (nSPS) is 11.5. The van der Waals surface area contributed by atoms with E-state index in [9.17, 15) is 0 Å². The number of hydrogen-bond acceptors (Lipinski definition) is 4. The molecule has 2 aromatic heterocycles. The highest BCUT2D eigenvalue weighted by atomic mass is 16.4. The number of oxazole rings is 1. The molecule has 11 rings (SSSR count). The van der Waals surface area contributed by atoms with Crippen LogP contribution < -0.4 is 4.90 Å². The minimum Gasteiger partial charge on any atom is -0.456 e. The predicted molar refractivity (Wildman–Crippen MR) is 235 cm³/mol. The first kappa shape index (κ1) is 32.7. The Morgan fingerprint density at radius 3 is 1.74 bits per heavy atom. The number of hydrogen-bond donors (Lipinski definition) is 0. The molecule has 4 heteroatoms. The predicted octanol–water partition coefficient (Wildman–Crippen LogP) is 15.0. The summed E-state index contributed by atoms with van der Waals surface area (Å²) in [5, 5.41) is 4.52. The molecule has 0 fully saturated rings. The third kappa shape index (κ3) is 5.92. The highest BCUT2D eigenvalue weighted by molar-refractivity contribution is 6.15. The molecule has 0 saturated carbocycles. The topological polar surface area (TPSA) is 42.4 Å². The Morgan fingerprint density at radius 1 is 0.351 bits per heavy atom. The Hall–Kier alpha value is -7.69. The fourth-order valence-electron chi connectivity index (χ4n) is 8.06. The largest absolute Gasteiger partial charge is 0.456 e. The molecule has 0 aliphatic carbocycles. The zero-order chi connectivity index (χ0) is 37.7. The number of fused-ring (bicyclic) bond motifs is 5. The zero-order valence-electron chi connectivity index (χ0n) is 30.8. The van der Waals surface area contributed by atoms with Crippen LogP contribution in [-0.4, -0.2) is 4.98 Å². The van der Waals surface area contributed by atoms with E-state index in [1.165, 1.54) is 27.5 Å². The van der Waals surface area contributed by atoms with E-state index in [2.05, 4.69) is 169 Å². The lowest BCUT2D eigenvalue weighted by atomic mass is 9.98. The van der Waals surface area contributed by atoms with E-state index in [1.807, 2.05) is 42.5 Å². The fourth-order valence-corrected chi connectivity index (χ4v) is 8.06. The third-order valence-corrected chi connectivity index (χ3v) is 10.9. The number of rotatable bonds is 7. The van der Waals surface area contributed by atoms with Crippen LogP contribution in [0.25, 0.3) is 88.6 Å². The van der Waals surface area contributed by atoms with Gasteiger partial charge in [0, 0.05) is 39.5 Å². The van der Waals surface area contributed by atoms with E-state index in [-0.39, 0.29) is 0 Å². The molecule has 57 heavy (non-hydrogen) atoms. The first-order valence-electron chi connectivity index (χ1n) is 19.2. The standard InChI is InChI=1S/C53H34N2O2/c1-3-11-35(12-4-1)37-23-27-43(28-24-37)55(45-18-9-17-41(32-45)42-22-21-36-13-7-8-16-40(36)31-42)44-29-25-38(26-30-44)46-19-10-20-49-52(46)47-33-51-48(34-50(47)56-49)54-53(57-51)39-14-5-2-6-15-39/h1-34H. The van der Waals surface area contributed by atoms with Gasteiger partial charge in [-0.05, 0) is 111 Å². The summed E-state index contributed by atoms with van der Waals surface area (Å²) in [5.41, 5.74) is 14.2. The summed E-state index contributed by atoms with van der Waals surface area (Å²) in [7, 11) is 0. The van der Waals surface area contributed by atoms with Gasteiger partial charge < -0.3 is 13.7 Å². The van der Waals surface area contributed by atoms with Crippen molar-refractivity contribution in [3.8, 4) is 44.8 Å². The van der Waals surface area contributed by atoms with Gasteiger partial charge in [-0.25, -0.2) is 4.98 Å². The smallest absolute Gasteiger partial charge is 0.227 e. The second-order valence-electron chi connectivity index (χ2n) is 14.4. The molecule has 0 spiro atoms. The number of aromatic nitrogens is 1. The number of anilines is 3. The van der Waals surface area contributed by atoms with Gasteiger partial charge in [0.2, 0.25) is 5.89 Å². The summed E-state index contributed by atoms with van der Waals surface area (Å²) in [6, 6.07) is 72.5. The second kappa shape index (κ2) is 13.6. The summed E-state index contributed by atoms with van der Waals surface area (Å²) >= 11 is 0. The highest BCUT2D eigenvalue weighted by Crippen LogP contribution is 2.42. The van der Waals surface area contributed by atoms with Crippen LogP contribution in [0.3, 0.4) is 0 Å². The Kier molecular flexibility index (Phi) is 7.78. The van der Waals surface area contributed by atoms with Crippen LogP contribution in [0.4, 0.5) is 17.1 Å². The van der Waals surface area contributed by atoms with Gasteiger partial charge in [-0.3, -0.25) is 0 Å². The molecule has 0 N–H and O–H groups in total. The van der Waals surface area contributed by atoms with Crippen LogP contribution in [0.15, 0.2) is 215 Å². The van der Waals surface area contributed by atoms with Crippen molar-refractivity contribution in [2.45, 2.75) is 0 Å². The first-order chi connectivity index (χ1) is 28.2. The van der Waals surface area contributed by atoms with E-state index in [1.54, 1.807) is 0 Å². The van der Waals surface area contributed by atoms with Gasteiger partial charge in [0.1, 0.15) is 16.7 Å². The Bertz CT molecular complexity index is 3220. The molecule has 0 unspecified atom stereocenters. The van der Waals surface area contributed by atoms with Gasteiger partial charge >= 0.3 is 0 Å². The van der Waals surface area contributed by atoms with E-state index in [4.69, 9.17) is 13.8 Å². The maximum absolute atomic E-state index is 6.44. The minimum absolute atomic E-state index is 0.598. The van der Waals surface area contributed by atoms with Crippen molar-refractivity contribution in [2.24, 2.45) is 0 Å². The highest BCUT2D eigenvalue weighted by Gasteiger charge is 2.18. The van der Waals surface area contributed by atoms with E-state index < -0.39 is 0 Å². The summed E-state index contributed by atoms with van der Waals surface area (Å²) in [6.45, 7) is 0. The van der Waals surface area contributed by atoms with Gasteiger partial charge in [-0.2, -0.15) is 0 Å². The van der Waals surface area contributed by atoms with Crippen LogP contribution in [0.2, 0.25) is 0 Å².